The Hall–Kier alpha value is -2.75. The minimum atomic E-state index is -0.0587. The number of nitrogen functional groups attached to an aromatic ring is 2. The zero-order valence-corrected chi connectivity index (χ0v) is 12.2. The van der Waals surface area contributed by atoms with Gasteiger partial charge in [0.2, 0.25) is 0 Å². The van der Waals surface area contributed by atoms with Gasteiger partial charge in [0, 0.05) is 29.7 Å². The molecule has 0 saturated carbocycles. The van der Waals surface area contributed by atoms with Crippen molar-refractivity contribution in [3.8, 4) is 0 Å². The summed E-state index contributed by atoms with van der Waals surface area (Å²) in [6.07, 6.45) is 1.84. The number of nitrogens with zero attached hydrogens (tertiary/aromatic N) is 1. The second kappa shape index (κ2) is 6.13. The van der Waals surface area contributed by atoms with Crippen LogP contribution < -0.4 is 16.4 Å². The van der Waals surface area contributed by atoms with Crippen LogP contribution in [0.1, 0.15) is 12.5 Å². The summed E-state index contributed by atoms with van der Waals surface area (Å²) < 4.78 is 0. The molecule has 21 heavy (non-hydrogen) atoms. The number of nitrogens with two attached hydrogens (primary N) is 2. The predicted molar refractivity (Wildman–Crippen MR) is 88.8 cm³/mol. The van der Waals surface area contributed by atoms with E-state index in [0.717, 1.165) is 11.3 Å². The van der Waals surface area contributed by atoms with Crippen molar-refractivity contribution < 1.29 is 4.79 Å². The van der Waals surface area contributed by atoms with E-state index in [9.17, 15) is 4.79 Å². The molecule has 2 aromatic rings. The molecule has 2 rings (SSSR count). The van der Waals surface area contributed by atoms with Gasteiger partial charge in [0.1, 0.15) is 0 Å². The van der Waals surface area contributed by atoms with Crippen LogP contribution in [-0.2, 0) is 4.79 Å². The van der Waals surface area contributed by atoms with Crippen molar-refractivity contribution in [3.63, 3.8) is 0 Å². The summed E-state index contributed by atoms with van der Waals surface area (Å²) in [7, 11) is 1.74. The minimum Gasteiger partial charge on any atom is -0.399 e. The number of carbonyl (C=O) groups is 1. The Bertz CT molecular complexity index is 657. The van der Waals surface area contributed by atoms with Crippen LogP contribution in [0, 0.1) is 0 Å². The Morgan fingerprint density at radius 2 is 1.43 bits per heavy atom. The van der Waals surface area contributed by atoms with Gasteiger partial charge >= 0.3 is 0 Å². The first-order chi connectivity index (χ1) is 9.97. The molecule has 4 nitrogen and oxygen atoms in total. The van der Waals surface area contributed by atoms with Crippen molar-refractivity contribution in [1.29, 1.82) is 0 Å². The van der Waals surface area contributed by atoms with Crippen molar-refractivity contribution in [2.45, 2.75) is 6.92 Å². The Morgan fingerprint density at radius 1 is 0.952 bits per heavy atom. The van der Waals surface area contributed by atoms with Crippen molar-refractivity contribution in [3.05, 3.63) is 59.7 Å². The van der Waals surface area contributed by atoms with Gasteiger partial charge in [-0.25, -0.2) is 0 Å². The largest absolute Gasteiger partial charge is 0.399 e. The van der Waals surface area contributed by atoms with Crippen LogP contribution >= 0.6 is 0 Å². The summed E-state index contributed by atoms with van der Waals surface area (Å²) >= 11 is 0. The summed E-state index contributed by atoms with van der Waals surface area (Å²) in [5.74, 6) is -0.0587. The fraction of sp³-hybridized carbons (Fsp3) is 0.118. The molecule has 4 heteroatoms. The molecule has 0 aliphatic carbocycles. The zero-order chi connectivity index (χ0) is 15.4. The summed E-state index contributed by atoms with van der Waals surface area (Å²) in [5.41, 5.74) is 15.1. The second-order valence-corrected chi connectivity index (χ2v) is 4.95. The van der Waals surface area contributed by atoms with E-state index in [1.807, 2.05) is 42.5 Å². The first kappa shape index (κ1) is 14.7. The fourth-order valence-corrected chi connectivity index (χ4v) is 1.98. The minimum absolute atomic E-state index is 0.0587. The SMILES string of the molecule is C/C(=C\c1ccc(N)cc1)C(=O)N(C)c1ccc(N)cc1. The van der Waals surface area contributed by atoms with Crippen LogP contribution in [0.3, 0.4) is 0 Å². The molecule has 0 radical (unpaired) electrons. The highest BCUT2D eigenvalue weighted by atomic mass is 16.2. The maximum absolute atomic E-state index is 12.4. The molecule has 0 heterocycles. The third-order valence-corrected chi connectivity index (χ3v) is 3.24. The van der Waals surface area contributed by atoms with E-state index in [1.54, 1.807) is 31.0 Å². The topological polar surface area (TPSA) is 72.4 Å². The van der Waals surface area contributed by atoms with E-state index in [2.05, 4.69) is 0 Å². The van der Waals surface area contributed by atoms with Gasteiger partial charge in [0.15, 0.2) is 0 Å². The normalized spacial score (nSPS) is 11.2. The van der Waals surface area contributed by atoms with Crippen molar-refractivity contribution in [2.75, 3.05) is 23.4 Å². The van der Waals surface area contributed by atoms with E-state index < -0.39 is 0 Å². The van der Waals surface area contributed by atoms with Gasteiger partial charge in [-0.2, -0.15) is 0 Å². The monoisotopic (exact) mass is 281 g/mol. The molecular weight excluding hydrogens is 262 g/mol. The van der Waals surface area contributed by atoms with E-state index >= 15 is 0 Å². The third-order valence-electron chi connectivity index (χ3n) is 3.24. The second-order valence-electron chi connectivity index (χ2n) is 4.95. The molecule has 0 spiro atoms. The number of anilines is 3. The summed E-state index contributed by atoms with van der Waals surface area (Å²) in [4.78, 5) is 14.0. The van der Waals surface area contributed by atoms with Crippen LogP contribution in [0.25, 0.3) is 6.08 Å². The van der Waals surface area contributed by atoms with Gasteiger partial charge in [0.05, 0.1) is 0 Å². The van der Waals surface area contributed by atoms with E-state index in [0.29, 0.717) is 16.9 Å². The number of hydrogen-bond acceptors (Lipinski definition) is 3. The molecule has 0 saturated heterocycles. The average molecular weight is 281 g/mol. The van der Waals surface area contributed by atoms with Crippen LogP contribution in [0.15, 0.2) is 54.1 Å². The lowest BCUT2D eigenvalue weighted by Crippen LogP contribution is -2.26. The number of amides is 1. The number of likely N-dealkylation sites (N-methyl/N-ethyl adjacent to an activating group) is 1. The lowest BCUT2D eigenvalue weighted by molar-refractivity contribution is -0.114. The summed E-state index contributed by atoms with van der Waals surface area (Å²) in [6.45, 7) is 1.80. The molecule has 1 amide bonds. The van der Waals surface area contributed by atoms with Crippen LogP contribution in [0.5, 0.6) is 0 Å². The number of hydrogen-bond donors (Lipinski definition) is 2. The molecule has 0 fully saturated rings. The molecule has 0 aliphatic rings. The van der Waals surface area contributed by atoms with Crippen molar-refractivity contribution in [2.24, 2.45) is 0 Å². The van der Waals surface area contributed by atoms with Crippen LogP contribution in [-0.4, -0.2) is 13.0 Å². The molecule has 0 aliphatic heterocycles. The van der Waals surface area contributed by atoms with Crippen LogP contribution in [0.2, 0.25) is 0 Å². The lowest BCUT2D eigenvalue weighted by atomic mass is 10.1. The lowest BCUT2D eigenvalue weighted by Gasteiger charge is -2.18. The van der Waals surface area contributed by atoms with Gasteiger partial charge < -0.3 is 16.4 Å². The van der Waals surface area contributed by atoms with Gasteiger partial charge in [-0.3, -0.25) is 4.79 Å². The smallest absolute Gasteiger partial charge is 0.253 e. The molecule has 0 unspecified atom stereocenters. The van der Waals surface area contributed by atoms with Crippen molar-refractivity contribution >= 4 is 29.0 Å². The average Bonchev–Trinajstić information content (AvgIpc) is 2.49. The van der Waals surface area contributed by atoms with Crippen LogP contribution in [0.4, 0.5) is 17.1 Å². The van der Waals surface area contributed by atoms with Gasteiger partial charge in [-0.15, -0.1) is 0 Å². The van der Waals surface area contributed by atoms with E-state index in [-0.39, 0.29) is 5.91 Å². The zero-order valence-electron chi connectivity index (χ0n) is 12.2. The molecule has 2 aromatic carbocycles. The number of rotatable bonds is 3. The predicted octanol–water partition coefficient (Wildman–Crippen LogP) is 2.92. The molecule has 0 bridgehead atoms. The van der Waals surface area contributed by atoms with E-state index in [1.165, 1.54) is 0 Å². The Balaban J connectivity index is 2.18. The standard InChI is InChI=1S/C17H19N3O/c1-12(11-13-3-5-14(18)6-4-13)17(21)20(2)16-9-7-15(19)8-10-16/h3-11H,18-19H2,1-2H3/b12-11+. The highest BCUT2D eigenvalue weighted by Gasteiger charge is 2.12. The molecule has 0 aromatic heterocycles. The molecular formula is C17H19N3O. The molecule has 108 valence electrons. The summed E-state index contributed by atoms with van der Waals surface area (Å²) in [6, 6.07) is 14.6. The summed E-state index contributed by atoms with van der Waals surface area (Å²) in [5, 5.41) is 0. The number of carbonyl (C=O) groups excluding carboxylic acids is 1. The third kappa shape index (κ3) is 3.63. The maximum atomic E-state index is 12.4. The molecule has 4 N–H and O–H groups in total. The Kier molecular flexibility index (Phi) is 4.28. The molecule has 0 atom stereocenters. The van der Waals surface area contributed by atoms with Crippen molar-refractivity contribution in [1.82, 2.24) is 0 Å². The maximum Gasteiger partial charge on any atom is 0.253 e. The first-order valence-corrected chi connectivity index (χ1v) is 6.65. The first-order valence-electron chi connectivity index (χ1n) is 6.65. The Labute approximate surface area is 124 Å². The van der Waals surface area contributed by atoms with Gasteiger partial charge in [-0.1, -0.05) is 12.1 Å². The number of benzene rings is 2. The Morgan fingerprint density at radius 3 is 1.95 bits per heavy atom. The fourth-order valence-electron chi connectivity index (χ4n) is 1.98. The van der Waals surface area contributed by atoms with Gasteiger partial charge in [0.25, 0.3) is 5.91 Å². The quantitative estimate of drug-likeness (QED) is 0.671. The highest BCUT2D eigenvalue weighted by molar-refractivity contribution is 6.07. The van der Waals surface area contributed by atoms with Gasteiger partial charge in [-0.05, 0) is 55.0 Å². The highest BCUT2D eigenvalue weighted by Crippen LogP contribution is 2.18. The van der Waals surface area contributed by atoms with E-state index in [4.69, 9.17) is 11.5 Å².